The highest BCUT2D eigenvalue weighted by Gasteiger charge is 2.49. The van der Waals surface area contributed by atoms with Crippen molar-refractivity contribution in [3.05, 3.63) is 0 Å². The van der Waals surface area contributed by atoms with E-state index in [2.05, 4.69) is 5.32 Å². The van der Waals surface area contributed by atoms with E-state index in [4.69, 9.17) is 0 Å². The summed E-state index contributed by atoms with van der Waals surface area (Å²) in [5.41, 5.74) is 0. The fourth-order valence-corrected chi connectivity index (χ4v) is 3.85. The normalized spacial score (nSPS) is 45.7. The Morgan fingerprint density at radius 1 is 0.941 bits per heavy atom. The van der Waals surface area contributed by atoms with Crippen molar-refractivity contribution in [2.75, 3.05) is 0 Å². The van der Waals surface area contributed by atoms with Crippen molar-refractivity contribution in [1.29, 1.82) is 0 Å². The van der Waals surface area contributed by atoms with Crippen LogP contribution in [0.1, 0.15) is 44.9 Å². The zero-order chi connectivity index (χ0) is 12.0. The van der Waals surface area contributed by atoms with Gasteiger partial charge in [0.25, 0.3) is 0 Å². The van der Waals surface area contributed by atoms with Crippen LogP contribution < -0.4 is 5.32 Å². The Balaban J connectivity index is 1.53. The molecule has 3 fully saturated rings. The Morgan fingerprint density at radius 2 is 1.76 bits per heavy atom. The molecule has 0 bridgehead atoms. The number of nitrogens with one attached hydrogen (secondary N) is 1. The SMILES string of the molecule is FC(F)(F)C1CCCC(NC2CC[C@H]3C[C@@H]23)C1. The summed E-state index contributed by atoms with van der Waals surface area (Å²) in [5.74, 6) is 0.626. The van der Waals surface area contributed by atoms with Crippen molar-refractivity contribution >= 4 is 0 Å². The van der Waals surface area contributed by atoms with Gasteiger partial charge in [-0.05, 0) is 50.4 Å². The third-order valence-corrected chi connectivity index (χ3v) is 4.93. The second kappa shape index (κ2) is 4.15. The zero-order valence-corrected chi connectivity index (χ0v) is 9.97. The molecule has 0 aromatic rings. The minimum Gasteiger partial charge on any atom is -0.311 e. The van der Waals surface area contributed by atoms with Gasteiger partial charge in [0.2, 0.25) is 0 Å². The third kappa shape index (κ3) is 2.47. The highest BCUT2D eigenvalue weighted by atomic mass is 19.4. The summed E-state index contributed by atoms with van der Waals surface area (Å²) in [6.07, 6.45) is 2.09. The minimum absolute atomic E-state index is 0.111. The number of rotatable bonds is 2. The number of hydrogen-bond acceptors (Lipinski definition) is 1. The number of hydrogen-bond donors (Lipinski definition) is 1. The van der Waals surface area contributed by atoms with Crippen molar-refractivity contribution < 1.29 is 13.2 Å². The summed E-state index contributed by atoms with van der Waals surface area (Å²) in [6, 6.07) is 0.636. The Morgan fingerprint density at radius 3 is 2.35 bits per heavy atom. The molecule has 3 saturated carbocycles. The largest absolute Gasteiger partial charge is 0.391 e. The first-order valence-electron chi connectivity index (χ1n) is 6.87. The first-order chi connectivity index (χ1) is 8.04. The second-order valence-corrected chi connectivity index (χ2v) is 6.11. The Hall–Kier alpha value is -0.250. The van der Waals surface area contributed by atoms with Crippen LogP contribution in [0, 0.1) is 17.8 Å². The Kier molecular flexibility index (Phi) is 2.88. The summed E-state index contributed by atoms with van der Waals surface area (Å²) in [4.78, 5) is 0. The molecular formula is C13H20F3N. The molecule has 0 saturated heterocycles. The molecular weight excluding hydrogens is 227 g/mol. The van der Waals surface area contributed by atoms with Gasteiger partial charge in [-0.1, -0.05) is 6.42 Å². The van der Waals surface area contributed by atoms with E-state index < -0.39 is 12.1 Å². The number of halogens is 3. The monoisotopic (exact) mass is 247 g/mol. The Labute approximate surface area is 100 Å². The summed E-state index contributed by atoms with van der Waals surface area (Å²) in [6.45, 7) is 0. The lowest BCUT2D eigenvalue weighted by Gasteiger charge is -2.33. The van der Waals surface area contributed by atoms with Crippen molar-refractivity contribution in [1.82, 2.24) is 5.32 Å². The summed E-state index contributed by atoms with van der Waals surface area (Å²) >= 11 is 0. The van der Waals surface area contributed by atoms with Crippen molar-refractivity contribution in [3.63, 3.8) is 0 Å². The van der Waals surface area contributed by atoms with Gasteiger partial charge in [0.05, 0.1) is 5.92 Å². The van der Waals surface area contributed by atoms with E-state index in [-0.39, 0.29) is 6.04 Å². The van der Waals surface area contributed by atoms with Crippen LogP contribution in [0.5, 0.6) is 0 Å². The smallest absolute Gasteiger partial charge is 0.311 e. The maximum Gasteiger partial charge on any atom is 0.391 e. The fraction of sp³-hybridized carbons (Fsp3) is 1.00. The molecule has 0 heterocycles. The van der Waals surface area contributed by atoms with E-state index in [1.807, 2.05) is 0 Å². The highest BCUT2D eigenvalue weighted by molar-refractivity contribution is 5.02. The predicted molar refractivity (Wildman–Crippen MR) is 59.6 cm³/mol. The first kappa shape index (κ1) is 11.8. The molecule has 3 rings (SSSR count). The van der Waals surface area contributed by atoms with Gasteiger partial charge in [0.15, 0.2) is 0 Å². The molecule has 3 aliphatic rings. The molecule has 0 aromatic heterocycles. The molecule has 0 aliphatic heterocycles. The van der Waals surface area contributed by atoms with Crippen molar-refractivity contribution in [2.24, 2.45) is 17.8 Å². The van der Waals surface area contributed by atoms with E-state index in [0.717, 1.165) is 24.7 Å². The van der Waals surface area contributed by atoms with Crippen LogP contribution in [0.15, 0.2) is 0 Å². The van der Waals surface area contributed by atoms with Crippen LogP contribution in [0.4, 0.5) is 13.2 Å². The molecule has 0 aromatic carbocycles. The van der Waals surface area contributed by atoms with E-state index in [1.54, 1.807) is 0 Å². The molecule has 3 unspecified atom stereocenters. The van der Waals surface area contributed by atoms with Crippen LogP contribution in [0.3, 0.4) is 0 Å². The van der Waals surface area contributed by atoms with Crippen LogP contribution in [0.25, 0.3) is 0 Å². The van der Waals surface area contributed by atoms with Crippen LogP contribution in [-0.4, -0.2) is 18.3 Å². The summed E-state index contributed by atoms with van der Waals surface area (Å²) < 4.78 is 38.1. The summed E-state index contributed by atoms with van der Waals surface area (Å²) in [5, 5.41) is 3.51. The lowest BCUT2D eigenvalue weighted by atomic mass is 9.85. The molecule has 98 valence electrons. The van der Waals surface area contributed by atoms with Gasteiger partial charge in [0.1, 0.15) is 0 Å². The molecule has 0 radical (unpaired) electrons. The molecule has 0 amide bonds. The maximum absolute atomic E-state index is 12.7. The highest BCUT2D eigenvalue weighted by Crippen LogP contribution is 2.52. The van der Waals surface area contributed by atoms with E-state index in [0.29, 0.717) is 18.9 Å². The Bertz CT molecular complexity index is 287. The van der Waals surface area contributed by atoms with Crippen LogP contribution in [-0.2, 0) is 0 Å². The van der Waals surface area contributed by atoms with Crippen molar-refractivity contribution in [3.8, 4) is 0 Å². The topological polar surface area (TPSA) is 12.0 Å². The van der Waals surface area contributed by atoms with Crippen molar-refractivity contribution in [2.45, 2.75) is 63.2 Å². The van der Waals surface area contributed by atoms with Gasteiger partial charge in [-0.15, -0.1) is 0 Å². The van der Waals surface area contributed by atoms with Gasteiger partial charge < -0.3 is 5.32 Å². The zero-order valence-electron chi connectivity index (χ0n) is 9.97. The second-order valence-electron chi connectivity index (χ2n) is 6.11. The average molecular weight is 247 g/mol. The standard InChI is InChI=1S/C13H20F3N/c14-13(15,16)9-2-1-3-10(7-9)17-12-5-4-8-6-11(8)12/h8-12,17H,1-7H2/t8-,9?,10?,11+,12?/m0/s1. The van der Waals surface area contributed by atoms with Crippen LogP contribution in [0.2, 0.25) is 0 Å². The molecule has 0 spiro atoms. The van der Waals surface area contributed by atoms with Gasteiger partial charge in [-0.3, -0.25) is 0 Å². The van der Waals surface area contributed by atoms with Gasteiger partial charge in [-0.2, -0.15) is 13.2 Å². The predicted octanol–water partition coefficient (Wildman–Crippen LogP) is 3.50. The summed E-state index contributed by atoms with van der Waals surface area (Å²) in [7, 11) is 0. The molecule has 1 N–H and O–H groups in total. The van der Waals surface area contributed by atoms with Gasteiger partial charge >= 0.3 is 6.18 Å². The molecule has 5 atom stereocenters. The van der Waals surface area contributed by atoms with E-state index in [9.17, 15) is 13.2 Å². The minimum atomic E-state index is -3.99. The van der Waals surface area contributed by atoms with E-state index in [1.165, 1.54) is 19.3 Å². The first-order valence-corrected chi connectivity index (χ1v) is 6.87. The maximum atomic E-state index is 12.7. The van der Waals surface area contributed by atoms with Gasteiger partial charge in [-0.25, -0.2) is 0 Å². The van der Waals surface area contributed by atoms with E-state index >= 15 is 0 Å². The number of alkyl halides is 3. The molecule has 1 nitrogen and oxygen atoms in total. The lowest BCUT2D eigenvalue weighted by molar-refractivity contribution is -0.183. The quantitative estimate of drug-likeness (QED) is 0.787. The average Bonchev–Trinajstić information content (AvgIpc) is 2.95. The lowest BCUT2D eigenvalue weighted by Crippen LogP contribution is -2.43. The molecule has 17 heavy (non-hydrogen) atoms. The van der Waals surface area contributed by atoms with Crippen LogP contribution >= 0.6 is 0 Å². The molecule has 3 aliphatic carbocycles. The molecule has 4 heteroatoms. The third-order valence-electron chi connectivity index (χ3n) is 4.93. The fourth-order valence-electron chi connectivity index (χ4n) is 3.85. The number of fused-ring (bicyclic) bond motifs is 1. The van der Waals surface area contributed by atoms with Gasteiger partial charge in [0, 0.05) is 12.1 Å².